The number of carbonyl (C=O) groups is 1. The molecule has 2 aromatic heterocycles. The molecule has 0 aliphatic carbocycles. The predicted molar refractivity (Wildman–Crippen MR) is 76.3 cm³/mol. The number of amides is 1. The number of hydrogen-bond acceptors (Lipinski definition) is 4. The summed E-state index contributed by atoms with van der Waals surface area (Å²) in [7, 11) is 1.75. The number of rotatable bonds is 4. The summed E-state index contributed by atoms with van der Waals surface area (Å²) >= 11 is 0. The van der Waals surface area contributed by atoms with E-state index in [1.807, 2.05) is 19.9 Å². The van der Waals surface area contributed by atoms with Gasteiger partial charge in [0.25, 0.3) is 5.91 Å². The molecule has 0 saturated heterocycles. The van der Waals surface area contributed by atoms with Crippen LogP contribution in [0.25, 0.3) is 0 Å². The maximum atomic E-state index is 12.6. The van der Waals surface area contributed by atoms with E-state index in [2.05, 4.69) is 5.10 Å². The Bertz CT molecular complexity index is 627. The fraction of sp³-hybridized carbons (Fsp3) is 0.429. The van der Waals surface area contributed by atoms with Crippen LogP contribution in [-0.4, -0.2) is 27.6 Å². The first kappa shape index (κ1) is 14.2. The van der Waals surface area contributed by atoms with Crippen LogP contribution < -0.4 is 5.73 Å². The molecular formula is C14H20N4O2. The number of furan rings is 1. The van der Waals surface area contributed by atoms with Crippen molar-refractivity contribution in [3.8, 4) is 0 Å². The summed E-state index contributed by atoms with van der Waals surface area (Å²) in [5.74, 6) is 0.684. The second kappa shape index (κ2) is 5.40. The zero-order valence-corrected chi connectivity index (χ0v) is 12.3. The number of nitrogens with two attached hydrogens (primary N) is 1. The monoisotopic (exact) mass is 276 g/mol. The Hall–Kier alpha value is -2.24. The molecule has 2 rings (SSSR count). The Labute approximate surface area is 118 Å². The van der Waals surface area contributed by atoms with Gasteiger partial charge in [0, 0.05) is 25.7 Å². The van der Waals surface area contributed by atoms with Gasteiger partial charge in [-0.3, -0.25) is 9.48 Å². The molecule has 0 aliphatic rings. The second-order valence-electron chi connectivity index (χ2n) is 4.83. The van der Waals surface area contributed by atoms with Crippen LogP contribution >= 0.6 is 0 Å². The van der Waals surface area contributed by atoms with Gasteiger partial charge in [0.2, 0.25) is 0 Å². The summed E-state index contributed by atoms with van der Waals surface area (Å²) < 4.78 is 6.89. The maximum Gasteiger partial charge on any atom is 0.274 e. The van der Waals surface area contributed by atoms with Crippen molar-refractivity contribution in [3.63, 3.8) is 0 Å². The molecule has 2 heterocycles. The molecule has 2 aromatic rings. The van der Waals surface area contributed by atoms with E-state index < -0.39 is 0 Å². The summed E-state index contributed by atoms with van der Waals surface area (Å²) in [4.78, 5) is 14.2. The number of nitrogen functional groups attached to an aromatic ring is 1. The normalized spacial score (nSPS) is 10.8. The molecule has 6 nitrogen and oxygen atoms in total. The molecule has 0 aromatic carbocycles. The zero-order valence-electron chi connectivity index (χ0n) is 12.3. The van der Waals surface area contributed by atoms with E-state index in [0.717, 1.165) is 11.3 Å². The van der Waals surface area contributed by atoms with Gasteiger partial charge in [-0.25, -0.2) is 0 Å². The van der Waals surface area contributed by atoms with Crippen molar-refractivity contribution in [2.45, 2.75) is 33.9 Å². The Morgan fingerprint density at radius 3 is 2.75 bits per heavy atom. The average Bonchev–Trinajstić information content (AvgIpc) is 2.94. The van der Waals surface area contributed by atoms with Crippen molar-refractivity contribution in [1.29, 1.82) is 0 Å². The molecule has 0 radical (unpaired) electrons. The van der Waals surface area contributed by atoms with Crippen molar-refractivity contribution in [3.05, 3.63) is 35.0 Å². The topological polar surface area (TPSA) is 77.3 Å². The number of hydrogen-bond donors (Lipinski definition) is 1. The SMILES string of the molecule is CCn1nc(C)c(N)c1C(=O)N(C)Cc1ccoc1C. The van der Waals surface area contributed by atoms with E-state index in [0.29, 0.717) is 30.2 Å². The summed E-state index contributed by atoms with van der Waals surface area (Å²) in [6.07, 6.45) is 1.62. The van der Waals surface area contributed by atoms with Gasteiger partial charge >= 0.3 is 0 Å². The predicted octanol–water partition coefficient (Wildman–Crippen LogP) is 1.97. The van der Waals surface area contributed by atoms with Crippen LogP contribution in [0.15, 0.2) is 16.7 Å². The molecular weight excluding hydrogens is 256 g/mol. The van der Waals surface area contributed by atoms with Crippen LogP contribution in [0, 0.1) is 13.8 Å². The highest BCUT2D eigenvalue weighted by atomic mass is 16.3. The molecule has 0 spiro atoms. The van der Waals surface area contributed by atoms with Gasteiger partial charge < -0.3 is 15.1 Å². The van der Waals surface area contributed by atoms with Gasteiger partial charge in [0.15, 0.2) is 0 Å². The highest BCUT2D eigenvalue weighted by Gasteiger charge is 2.22. The Balaban J connectivity index is 2.25. The molecule has 0 fully saturated rings. The minimum atomic E-state index is -0.134. The van der Waals surface area contributed by atoms with Crippen molar-refractivity contribution < 1.29 is 9.21 Å². The largest absolute Gasteiger partial charge is 0.469 e. The third-order valence-electron chi connectivity index (χ3n) is 3.40. The van der Waals surface area contributed by atoms with Crippen molar-refractivity contribution in [1.82, 2.24) is 14.7 Å². The Morgan fingerprint density at radius 2 is 2.20 bits per heavy atom. The van der Waals surface area contributed by atoms with Crippen LogP contribution in [0.5, 0.6) is 0 Å². The molecule has 0 aliphatic heterocycles. The van der Waals surface area contributed by atoms with E-state index in [-0.39, 0.29) is 5.91 Å². The lowest BCUT2D eigenvalue weighted by Crippen LogP contribution is -2.29. The van der Waals surface area contributed by atoms with Gasteiger partial charge in [-0.1, -0.05) is 0 Å². The average molecular weight is 276 g/mol. The first-order chi connectivity index (χ1) is 9.45. The summed E-state index contributed by atoms with van der Waals surface area (Å²) in [6.45, 7) is 6.70. The standard InChI is InChI=1S/C14H20N4O2/c1-5-18-13(12(15)9(2)16-18)14(19)17(4)8-11-6-7-20-10(11)3/h6-7H,5,8,15H2,1-4H3. The fourth-order valence-corrected chi connectivity index (χ4v) is 2.13. The minimum Gasteiger partial charge on any atom is -0.469 e. The van der Waals surface area contributed by atoms with E-state index in [9.17, 15) is 4.79 Å². The third-order valence-corrected chi connectivity index (χ3v) is 3.40. The first-order valence-electron chi connectivity index (χ1n) is 6.57. The van der Waals surface area contributed by atoms with Crippen molar-refractivity contribution in [2.24, 2.45) is 0 Å². The number of nitrogens with zero attached hydrogens (tertiary/aromatic N) is 3. The van der Waals surface area contributed by atoms with Crippen LogP contribution in [-0.2, 0) is 13.1 Å². The van der Waals surface area contributed by atoms with Crippen LogP contribution in [0.2, 0.25) is 0 Å². The minimum absolute atomic E-state index is 0.134. The van der Waals surface area contributed by atoms with E-state index in [1.165, 1.54) is 0 Å². The van der Waals surface area contributed by atoms with Crippen LogP contribution in [0.3, 0.4) is 0 Å². The van der Waals surface area contributed by atoms with Crippen molar-refractivity contribution in [2.75, 3.05) is 12.8 Å². The molecule has 2 N–H and O–H groups in total. The molecule has 20 heavy (non-hydrogen) atoms. The molecule has 0 saturated carbocycles. The van der Waals surface area contributed by atoms with Gasteiger partial charge in [-0.2, -0.15) is 5.10 Å². The first-order valence-corrected chi connectivity index (χ1v) is 6.57. The van der Waals surface area contributed by atoms with Crippen LogP contribution in [0.1, 0.15) is 34.4 Å². The number of carbonyl (C=O) groups excluding carboxylic acids is 1. The lowest BCUT2D eigenvalue weighted by Gasteiger charge is -2.17. The number of anilines is 1. The van der Waals surface area contributed by atoms with Gasteiger partial charge in [0.05, 0.1) is 17.6 Å². The van der Waals surface area contributed by atoms with E-state index in [1.54, 1.807) is 29.8 Å². The number of aryl methyl sites for hydroxylation is 3. The highest BCUT2D eigenvalue weighted by Crippen LogP contribution is 2.19. The van der Waals surface area contributed by atoms with E-state index >= 15 is 0 Å². The second-order valence-corrected chi connectivity index (χ2v) is 4.83. The quantitative estimate of drug-likeness (QED) is 0.926. The Morgan fingerprint density at radius 1 is 1.50 bits per heavy atom. The van der Waals surface area contributed by atoms with Gasteiger partial charge in [0.1, 0.15) is 11.5 Å². The third kappa shape index (κ3) is 2.41. The molecule has 108 valence electrons. The fourth-order valence-electron chi connectivity index (χ4n) is 2.13. The molecule has 1 amide bonds. The maximum absolute atomic E-state index is 12.6. The lowest BCUT2D eigenvalue weighted by atomic mass is 10.2. The summed E-state index contributed by atoms with van der Waals surface area (Å²) in [5.41, 5.74) is 8.54. The smallest absolute Gasteiger partial charge is 0.274 e. The summed E-state index contributed by atoms with van der Waals surface area (Å²) in [5, 5.41) is 4.27. The van der Waals surface area contributed by atoms with Gasteiger partial charge in [-0.05, 0) is 26.8 Å². The van der Waals surface area contributed by atoms with E-state index in [4.69, 9.17) is 10.2 Å². The highest BCUT2D eigenvalue weighted by molar-refractivity contribution is 5.97. The molecule has 0 atom stereocenters. The zero-order chi connectivity index (χ0) is 14.9. The Kier molecular flexibility index (Phi) is 3.83. The summed E-state index contributed by atoms with van der Waals surface area (Å²) in [6, 6.07) is 1.87. The lowest BCUT2D eigenvalue weighted by molar-refractivity contribution is 0.0773. The molecule has 0 unspecified atom stereocenters. The molecule has 0 bridgehead atoms. The number of aromatic nitrogens is 2. The molecule has 6 heteroatoms. The van der Waals surface area contributed by atoms with Crippen molar-refractivity contribution >= 4 is 11.6 Å². The van der Waals surface area contributed by atoms with Crippen LogP contribution in [0.4, 0.5) is 5.69 Å². The van der Waals surface area contributed by atoms with Gasteiger partial charge in [-0.15, -0.1) is 0 Å².